The minimum absolute atomic E-state index is 0.127. The molecule has 0 fully saturated rings. The maximum absolute atomic E-state index is 12.4. The van der Waals surface area contributed by atoms with Crippen molar-refractivity contribution < 1.29 is 18.9 Å². The standard InChI is InChI=1S/C21H21N3O6/c1-3-23(4-2)16-7-5-13-10-17(21(26)30-19(13)11-16)20(25)29-12-14-9-15(22)6-8-18(14)24(27)28/h5-11H,3-4,12,22H2,1-2H3. The number of hydrogen-bond acceptors (Lipinski definition) is 8. The lowest BCUT2D eigenvalue weighted by Gasteiger charge is -2.20. The third-order valence-corrected chi connectivity index (χ3v) is 4.73. The van der Waals surface area contributed by atoms with Crippen molar-refractivity contribution in [3.8, 4) is 0 Å². The fourth-order valence-corrected chi connectivity index (χ4v) is 3.15. The summed E-state index contributed by atoms with van der Waals surface area (Å²) < 4.78 is 10.4. The first kappa shape index (κ1) is 20.8. The largest absolute Gasteiger partial charge is 0.457 e. The second-order valence-electron chi connectivity index (χ2n) is 6.56. The molecule has 0 atom stereocenters. The zero-order valence-electron chi connectivity index (χ0n) is 16.6. The Hall–Kier alpha value is -3.88. The molecule has 9 heteroatoms. The van der Waals surface area contributed by atoms with Gasteiger partial charge in [-0.1, -0.05) is 0 Å². The van der Waals surface area contributed by atoms with Gasteiger partial charge in [0.05, 0.1) is 10.5 Å². The Morgan fingerprint density at radius 2 is 1.90 bits per heavy atom. The van der Waals surface area contributed by atoms with Crippen LogP contribution in [0.3, 0.4) is 0 Å². The summed E-state index contributed by atoms with van der Waals surface area (Å²) in [6.07, 6.45) is 0. The minimum Gasteiger partial charge on any atom is -0.457 e. The van der Waals surface area contributed by atoms with Crippen LogP contribution in [0.5, 0.6) is 0 Å². The molecule has 0 unspecified atom stereocenters. The van der Waals surface area contributed by atoms with E-state index in [4.69, 9.17) is 14.9 Å². The topological polar surface area (TPSA) is 129 Å². The van der Waals surface area contributed by atoms with Gasteiger partial charge in [-0.2, -0.15) is 0 Å². The lowest BCUT2D eigenvalue weighted by atomic mass is 10.1. The summed E-state index contributed by atoms with van der Waals surface area (Å²) in [6.45, 7) is 5.24. The smallest absolute Gasteiger partial charge is 0.351 e. The molecule has 1 heterocycles. The molecule has 30 heavy (non-hydrogen) atoms. The van der Waals surface area contributed by atoms with Crippen molar-refractivity contribution in [1.82, 2.24) is 0 Å². The van der Waals surface area contributed by atoms with E-state index in [1.54, 1.807) is 12.1 Å². The van der Waals surface area contributed by atoms with Crippen molar-refractivity contribution in [2.24, 2.45) is 0 Å². The Morgan fingerprint density at radius 1 is 1.17 bits per heavy atom. The summed E-state index contributed by atoms with van der Waals surface area (Å²) in [7, 11) is 0. The number of ether oxygens (including phenoxy) is 1. The normalized spacial score (nSPS) is 10.7. The van der Waals surface area contributed by atoms with Crippen molar-refractivity contribution in [2.45, 2.75) is 20.5 Å². The first-order chi connectivity index (χ1) is 14.3. The average molecular weight is 411 g/mol. The number of carbonyl (C=O) groups excluding carboxylic acids is 1. The number of rotatable bonds is 7. The second-order valence-corrected chi connectivity index (χ2v) is 6.56. The van der Waals surface area contributed by atoms with E-state index in [1.165, 1.54) is 24.3 Å². The van der Waals surface area contributed by atoms with E-state index in [1.807, 2.05) is 19.9 Å². The van der Waals surface area contributed by atoms with Gasteiger partial charge in [0.1, 0.15) is 17.8 Å². The van der Waals surface area contributed by atoms with Crippen LogP contribution in [-0.2, 0) is 11.3 Å². The summed E-state index contributed by atoms with van der Waals surface area (Å²) in [4.78, 5) is 37.4. The molecule has 3 rings (SSSR count). The van der Waals surface area contributed by atoms with Gasteiger partial charge in [-0.3, -0.25) is 10.1 Å². The molecule has 0 bridgehead atoms. The van der Waals surface area contributed by atoms with Crippen LogP contribution >= 0.6 is 0 Å². The Morgan fingerprint density at radius 3 is 2.57 bits per heavy atom. The number of nitro benzene ring substituents is 1. The maximum atomic E-state index is 12.4. The van der Waals surface area contributed by atoms with Gasteiger partial charge in [0.2, 0.25) is 0 Å². The predicted octanol–water partition coefficient (Wildman–Crippen LogP) is 3.49. The lowest BCUT2D eigenvalue weighted by Crippen LogP contribution is -2.21. The van der Waals surface area contributed by atoms with E-state index >= 15 is 0 Å². The van der Waals surface area contributed by atoms with Crippen molar-refractivity contribution in [1.29, 1.82) is 0 Å². The third-order valence-electron chi connectivity index (χ3n) is 4.73. The van der Waals surface area contributed by atoms with E-state index in [0.29, 0.717) is 16.7 Å². The van der Waals surface area contributed by atoms with Gasteiger partial charge in [0.15, 0.2) is 0 Å². The van der Waals surface area contributed by atoms with Crippen LogP contribution in [0.25, 0.3) is 11.0 Å². The van der Waals surface area contributed by atoms with Crippen LogP contribution in [0.4, 0.5) is 17.1 Å². The Balaban J connectivity index is 1.86. The molecule has 0 radical (unpaired) electrons. The molecule has 0 aliphatic rings. The molecule has 1 aromatic heterocycles. The van der Waals surface area contributed by atoms with Gasteiger partial charge in [-0.15, -0.1) is 0 Å². The lowest BCUT2D eigenvalue weighted by molar-refractivity contribution is -0.385. The molecule has 9 nitrogen and oxygen atoms in total. The highest BCUT2D eigenvalue weighted by molar-refractivity contribution is 5.93. The number of nitrogens with two attached hydrogens (primary N) is 1. The van der Waals surface area contributed by atoms with Crippen molar-refractivity contribution in [3.63, 3.8) is 0 Å². The molecular weight excluding hydrogens is 390 g/mol. The van der Waals surface area contributed by atoms with Crippen LogP contribution < -0.4 is 16.3 Å². The molecule has 156 valence electrons. The summed E-state index contributed by atoms with van der Waals surface area (Å²) in [5.41, 5.74) is 5.97. The molecule has 0 aliphatic carbocycles. The van der Waals surface area contributed by atoms with Crippen molar-refractivity contribution in [3.05, 3.63) is 74.1 Å². The quantitative estimate of drug-likeness (QED) is 0.206. The van der Waals surface area contributed by atoms with Gasteiger partial charge in [0.25, 0.3) is 5.69 Å². The van der Waals surface area contributed by atoms with Crippen molar-refractivity contribution in [2.75, 3.05) is 23.7 Å². The predicted molar refractivity (Wildman–Crippen MR) is 113 cm³/mol. The van der Waals surface area contributed by atoms with E-state index in [2.05, 4.69) is 4.90 Å². The molecule has 0 spiro atoms. The number of fused-ring (bicyclic) bond motifs is 1. The van der Waals surface area contributed by atoms with Gasteiger partial charge in [-0.05, 0) is 44.2 Å². The molecule has 0 saturated carbocycles. The molecule has 0 saturated heterocycles. The number of nitrogens with zero attached hydrogens (tertiary/aromatic N) is 2. The summed E-state index contributed by atoms with van der Waals surface area (Å²) in [5, 5.41) is 11.7. The molecule has 2 N–H and O–H groups in total. The number of benzene rings is 2. The number of esters is 1. The zero-order valence-corrected chi connectivity index (χ0v) is 16.6. The molecule has 0 amide bonds. The van der Waals surface area contributed by atoms with E-state index in [0.717, 1.165) is 18.8 Å². The first-order valence-corrected chi connectivity index (χ1v) is 9.36. The minimum atomic E-state index is -0.935. The van der Waals surface area contributed by atoms with Crippen LogP contribution in [0, 0.1) is 10.1 Å². The Kier molecular flexibility index (Phi) is 6.01. The SMILES string of the molecule is CCN(CC)c1ccc2cc(C(=O)OCc3cc(N)ccc3[N+](=O)[O-])c(=O)oc2c1. The highest BCUT2D eigenvalue weighted by Crippen LogP contribution is 2.24. The van der Waals surface area contributed by atoms with Gasteiger partial charge in [-0.25, -0.2) is 9.59 Å². The molecular formula is C21H21N3O6. The van der Waals surface area contributed by atoms with Gasteiger partial charge < -0.3 is 19.8 Å². The van der Waals surface area contributed by atoms with Crippen LogP contribution in [-0.4, -0.2) is 24.0 Å². The molecule has 2 aromatic carbocycles. The fourth-order valence-electron chi connectivity index (χ4n) is 3.15. The monoisotopic (exact) mass is 411 g/mol. The number of anilines is 2. The average Bonchev–Trinajstić information content (AvgIpc) is 2.72. The zero-order chi connectivity index (χ0) is 21.8. The van der Waals surface area contributed by atoms with Gasteiger partial charge in [0, 0.05) is 42.0 Å². The first-order valence-electron chi connectivity index (χ1n) is 9.36. The summed E-state index contributed by atoms with van der Waals surface area (Å²) in [5.74, 6) is -0.935. The Bertz CT molecular complexity index is 1170. The number of hydrogen-bond donors (Lipinski definition) is 1. The van der Waals surface area contributed by atoms with E-state index < -0.39 is 23.1 Å². The number of nitro groups is 1. The summed E-state index contributed by atoms with van der Waals surface area (Å²) in [6, 6.07) is 10.7. The third kappa shape index (κ3) is 4.24. The van der Waals surface area contributed by atoms with Crippen LogP contribution in [0.1, 0.15) is 29.8 Å². The summed E-state index contributed by atoms with van der Waals surface area (Å²) >= 11 is 0. The van der Waals surface area contributed by atoms with Crippen molar-refractivity contribution >= 4 is 34.0 Å². The van der Waals surface area contributed by atoms with E-state index in [-0.39, 0.29) is 16.8 Å². The molecule has 0 aliphatic heterocycles. The highest BCUT2D eigenvalue weighted by Gasteiger charge is 2.19. The van der Waals surface area contributed by atoms with E-state index in [9.17, 15) is 19.7 Å². The Labute approximate surface area is 171 Å². The van der Waals surface area contributed by atoms with Gasteiger partial charge >= 0.3 is 11.6 Å². The number of nitrogen functional groups attached to an aromatic ring is 1. The second kappa shape index (κ2) is 8.64. The van der Waals surface area contributed by atoms with Crippen LogP contribution in [0.15, 0.2) is 51.7 Å². The number of carbonyl (C=O) groups is 1. The maximum Gasteiger partial charge on any atom is 0.351 e. The fraction of sp³-hybridized carbons (Fsp3) is 0.238. The molecule has 3 aromatic rings. The van der Waals surface area contributed by atoms with Crippen LogP contribution in [0.2, 0.25) is 0 Å². The highest BCUT2D eigenvalue weighted by atomic mass is 16.6.